The van der Waals surface area contributed by atoms with Gasteiger partial charge in [-0.3, -0.25) is 0 Å². The van der Waals surface area contributed by atoms with E-state index in [1.165, 1.54) is 6.07 Å². The van der Waals surface area contributed by atoms with Crippen LogP contribution in [0, 0.1) is 0 Å². The molecule has 1 aromatic rings. The van der Waals surface area contributed by atoms with Crippen molar-refractivity contribution in [3.05, 3.63) is 29.3 Å². The van der Waals surface area contributed by atoms with Crippen molar-refractivity contribution in [1.29, 1.82) is 0 Å². The monoisotopic (exact) mass is 326 g/mol. The zero-order chi connectivity index (χ0) is 16.3. The molecule has 10 heteroatoms. The molecule has 6 nitrogen and oxygen atoms in total. The number of halogens is 3. The molecule has 0 radical (unpaired) electrons. The molecule has 0 aliphatic rings. The van der Waals surface area contributed by atoms with Gasteiger partial charge in [0.25, 0.3) is 0 Å². The second kappa shape index (κ2) is 6.20. The molecule has 0 saturated carbocycles. The molecule has 1 aromatic carbocycles. The Bertz CT molecular complexity index is 641. The molecule has 0 aliphatic carbocycles. The van der Waals surface area contributed by atoms with Crippen molar-refractivity contribution in [3.63, 3.8) is 0 Å². The summed E-state index contributed by atoms with van der Waals surface area (Å²) in [4.78, 5) is 0. The second-order valence-corrected chi connectivity index (χ2v) is 6.43. The summed E-state index contributed by atoms with van der Waals surface area (Å²) in [6, 6.07) is 2.81. The Hall–Kier alpha value is -1.97. The van der Waals surface area contributed by atoms with Gasteiger partial charge in [-0.2, -0.15) is 13.2 Å². The van der Waals surface area contributed by atoms with Gasteiger partial charge < -0.3 is 15.7 Å². The van der Waals surface area contributed by atoms with Gasteiger partial charge in [-0.25, -0.2) is 8.42 Å². The number of nitrogens with two attached hydrogens (primary N) is 1. The van der Waals surface area contributed by atoms with Crippen LogP contribution in [0.3, 0.4) is 0 Å². The first-order chi connectivity index (χ1) is 9.54. The van der Waals surface area contributed by atoms with Gasteiger partial charge in [-0.1, -0.05) is 5.16 Å². The van der Waals surface area contributed by atoms with E-state index in [1.54, 1.807) is 0 Å². The number of rotatable bonds is 5. The maximum absolute atomic E-state index is 12.9. The van der Waals surface area contributed by atoms with Crippen molar-refractivity contribution in [2.75, 3.05) is 18.6 Å². The fourth-order valence-electron chi connectivity index (χ4n) is 1.40. The second-order valence-electron chi connectivity index (χ2n) is 4.17. The summed E-state index contributed by atoms with van der Waals surface area (Å²) in [5.74, 6) is -1.42. The number of amidine groups is 1. The zero-order valence-corrected chi connectivity index (χ0v) is 11.7. The van der Waals surface area contributed by atoms with E-state index >= 15 is 0 Å². The maximum Gasteiger partial charge on any atom is 0.419 e. The van der Waals surface area contributed by atoms with Crippen LogP contribution >= 0.6 is 0 Å². The molecule has 0 amide bonds. The summed E-state index contributed by atoms with van der Waals surface area (Å²) in [6.45, 7) is -0.412. The lowest BCUT2D eigenvalue weighted by Gasteiger charge is -2.15. The van der Waals surface area contributed by atoms with Gasteiger partial charge in [-0.15, -0.1) is 0 Å². The van der Waals surface area contributed by atoms with Crippen molar-refractivity contribution in [2.24, 2.45) is 10.9 Å². The Kier molecular flexibility index (Phi) is 5.05. The lowest BCUT2D eigenvalue weighted by Crippen LogP contribution is -2.17. The molecule has 1 rings (SSSR count). The Labute approximate surface area is 118 Å². The molecule has 0 unspecified atom stereocenters. The molecule has 0 atom stereocenters. The van der Waals surface area contributed by atoms with Crippen LogP contribution in [-0.4, -0.2) is 38.1 Å². The van der Waals surface area contributed by atoms with Crippen molar-refractivity contribution < 1.29 is 31.5 Å². The average molecular weight is 326 g/mol. The first-order valence-electron chi connectivity index (χ1n) is 5.54. The molecule has 118 valence electrons. The number of sulfone groups is 1. The fourth-order valence-corrected chi connectivity index (χ4v) is 1.78. The number of ether oxygens (including phenoxy) is 1. The highest BCUT2D eigenvalue weighted by molar-refractivity contribution is 7.90. The molecule has 0 heterocycles. The van der Waals surface area contributed by atoms with Crippen LogP contribution in [0.2, 0.25) is 0 Å². The number of alkyl halides is 3. The average Bonchev–Trinajstić information content (AvgIpc) is 2.35. The molecule has 0 aromatic heterocycles. The van der Waals surface area contributed by atoms with E-state index in [4.69, 9.17) is 15.7 Å². The molecule has 0 aliphatic heterocycles. The van der Waals surface area contributed by atoms with Crippen LogP contribution in [0.5, 0.6) is 5.75 Å². The molecule has 0 fully saturated rings. The van der Waals surface area contributed by atoms with Gasteiger partial charge in [-0.05, 0) is 18.2 Å². The van der Waals surface area contributed by atoms with Crippen molar-refractivity contribution >= 4 is 15.7 Å². The van der Waals surface area contributed by atoms with Crippen molar-refractivity contribution in [1.82, 2.24) is 0 Å². The highest BCUT2D eigenvalue weighted by Gasteiger charge is 2.35. The predicted octanol–water partition coefficient (Wildman–Crippen LogP) is 1.22. The number of nitrogens with zero attached hydrogens (tertiary/aromatic N) is 1. The number of hydrogen-bond donors (Lipinski definition) is 2. The normalized spacial score (nSPS) is 13.2. The molecular weight excluding hydrogens is 313 g/mol. The summed E-state index contributed by atoms with van der Waals surface area (Å²) >= 11 is 0. The number of benzene rings is 1. The van der Waals surface area contributed by atoms with Crippen LogP contribution in [0.15, 0.2) is 23.4 Å². The minimum absolute atomic E-state index is 0.139. The molecule has 3 N–H and O–H groups in total. The predicted molar refractivity (Wildman–Crippen MR) is 69.2 cm³/mol. The van der Waals surface area contributed by atoms with Crippen molar-refractivity contribution in [3.8, 4) is 5.75 Å². The molecular formula is C11H13F3N2O4S. The molecule has 0 spiro atoms. The summed E-state index contributed by atoms with van der Waals surface area (Å²) < 4.78 is 65.5. The summed E-state index contributed by atoms with van der Waals surface area (Å²) in [6.07, 6.45) is -3.78. The van der Waals surface area contributed by atoms with Crippen LogP contribution < -0.4 is 10.5 Å². The standard InChI is InChI=1S/C11H13F3N2O4S/c1-21(18,19)5-4-20-9-3-2-7(10(15)16-17)6-8(9)11(12,13)14/h2-3,6,17H,4-5H2,1H3,(H2,15,16). The van der Waals surface area contributed by atoms with Gasteiger partial charge >= 0.3 is 6.18 Å². The van der Waals surface area contributed by atoms with Gasteiger partial charge in [0.1, 0.15) is 12.4 Å². The van der Waals surface area contributed by atoms with E-state index in [0.717, 1.165) is 12.3 Å². The molecule has 0 bridgehead atoms. The number of hydrogen-bond acceptors (Lipinski definition) is 5. The lowest BCUT2D eigenvalue weighted by molar-refractivity contribution is -0.138. The number of oxime groups is 1. The van der Waals surface area contributed by atoms with Crippen LogP contribution in [0.1, 0.15) is 11.1 Å². The molecule has 0 saturated heterocycles. The minimum atomic E-state index is -4.73. The van der Waals surface area contributed by atoms with Crippen LogP contribution in [-0.2, 0) is 16.0 Å². The van der Waals surface area contributed by atoms with Gasteiger partial charge in [0.2, 0.25) is 0 Å². The van der Waals surface area contributed by atoms with E-state index in [1.807, 2.05) is 0 Å². The third-order valence-corrected chi connectivity index (χ3v) is 3.31. The quantitative estimate of drug-likeness (QED) is 0.367. The summed E-state index contributed by atoms with van der Waals surface area (Å²) in [5, 5.41) is 11.1. The van der Waals surface area contributed by atoms with E-state index in [0.29, 0.717) is 6.07 Å². The van der Waals surface area contributed by atoms with Gasteiger partial charge in [0.05, 0.1) is 11.3 Å². The minimum Gasteiger partial charge on any atom is -0.492 e. The highest BCUT2D eigenvalue weighted by atomic mass is 32.2. The third kappa shape index (κ3) is 5.14. The summed E-state index contributed by atoms with van der Waals surface area (Å²) in [5.41, 5.74) is 3.95. The van der Waals surface area contributed by atoms with E-state index in [2.05, 4.69) is 5.16 Å². The molecule has 21 heavy (non-hydrogen) atoms. The Morgan fingerprint density at radius 3 is 2.52 bits per heavy atom. The fraction of sp³-hybridized carbons (Fsp3) is 0.364. The topological polar surface area (TPSA) is 102 Å². The van der Waals surface area contributed by atoms with E-state index in [-0.39, 0.29) is 5.56 Å². The highest BCUT2D eigenvalue weighted by Crippen LogP contribution is 2.36. The van der Waals surface area contributed by atoms with E-state index in [9.17, 15) is 21.6 Å². The zero-order valence-electron chi connectivity index (χ0n) is 10.9. The largest absolute Gasteiger partial charge is 0.492 e. The van der Waals surface area contributed by atoms with Crippen LogP contribution in [0.4, 0.5) is 13.2 Å². The smallest absolute Gasteiger partial charge is 0.419 e. The van der Waals surface area contributed by atoms with Crippen molar-refractivity contribution in [2.45, 2.75) is 6.18 Å². The van der Waals surface area contributed by atoms with E-state index < -0.39 is 45.5 Å². The SMILES string of the molecule is CS(=O)(=O)CCOc1ccc(/C(N)=N/O)cc1C(F)(F)F. The first kappa shape index (κ1) is 17.1. The Morgan fingerprint density at radius 2 is 2.05 bits per heavy atom. The summed E-state index contributed by atoms with van der Waals surface area (Å²) in [7, 11) is -3.35. The van der Waals surface area contributed by atoms with Crippen LogP contribution in [0.25, 0.3) is 0 Å². The maximum atomic E-state index is 12.9. The van der Waals surface area contributed by atoms with Gasteiger partial charge in [0, 0.05) is 11.8 Å². The first-order valence-corrected chi connectivity index (χ1v) is 7.60. The Morgan fingerprint density at radius 1 is 1.43 bits per heavy atom. The third-order valence-electron chi connectivity index (χ3n) is 2.40. The van der Waals surface area contributed by atoms with Gasteiger partial charge in [0.15, 0.2) is 15.7 Å². The Balaban J connectivity index is 3.09. The lowest BCUT2D eigenvalue weighted by atomic mass is 10.1.